The first-order valence-corrected chi connectivity index (χ1v) is 9.15. The molecular formula is C19H23NO3S. The first-order valence-electron chi connectivity index (χ1n) is 8.27. The van der Waals surface area contributed by atoms with Gasteiger partial charge in [-0.15, -0.1) is 11.3 Å². The molecule has 5 heteroatoms. The Balaban J connectivity index is 1.68. The normalized spacial score (nSPS) is 17.0. The molecule has 0 spiro atoms. The summed E-state index contributed by atoms with van der Waals surface area (Å²) in [7, 11) is 1.83. The lowest BCUT2D eigenvalue weighted by Gasteiger charge is -2.20. The Bertz CT molecular complexity index is 691. The van der Waals surface area contributed by atoms with E-state index in [2.05, 4.69) is 18.4 Å². The van der Waals surface area contributed by atoms with Crippen LogP contribution in [0.25, 0.3) is 0 Å². The average molecular weight is 345 g/mol. The molecule has 0 bridgehead atoms. The van der Waals surface area contributed by atoms with Crippen LogP contribution in [0.1, 0.15) is 33.6 Å². The van der Waals surface area contributed by atoms with E-state index in [0.29, 0.717) is 24.5 Å². The van der Waals surface area contributed by atoms with E-state index in [1.807, 2.05) is 31.3 Å². The maximum Gasteiger partial charge on any atom is 0.257 e. The quantitative estimate of drug-likeness (QED) is 0.797. The Morgan fingerprint density at radius 2 is 2.21 bits per heavy atom. The largest absolute Gasteiger partial charge is 0.490 e. The van der Waals surface area contributed by atoms with Crippen LogP contribution >= 0.6 is 11.3 Å². The molecule has 4 nitrogen and oxygen atoms in total. The van der Waals surface area contributed by atoms with Gasteiger partial charge < -0.3 is 14.4 Å². The molecule has 0 N–H and O–H groups in total. The van der Waals surface area contributed by atoms with Crippen molar-refractivity contribution in [3.63, 3.8) is 0 Å². The SMILES string of the molecule is Cc1ccsc1CN(C)C(=O)c1ccccc1OCC1CCCO1. The van der Waals surface area contributed by atoms with Crippen LogP contribution in [0.5, 0.6) is 5.75 Å². The second-order valence-electron chi connectivity index (χ2n) is 6.13. The summed E-state index contributed by atoms with van der Waals surface area (Å²) in [6.07, 6.45) is 2.24. The van der Waals surface area contributed by atoms with Gasteiger partial charge in [-0.2, -0.15) is 0 Å². The average Bonchev–Trinajstić information content (AvgIpc) is 3.25. The molecule has 1 atom stereocenters. The van der Waals surface area contributed by atoms with Crippen LogP contribution in [0.3, 0.4) is 0 Å². The molecule has 0 radical (unpaired) electrons. The summed E-state index contributed by atoms with van der Waals surface area (Å²) >= 11 is 1.68. The standard InChI is InChI=1S/C19H23NO3S/c1-14-9-11-24-18(14)12-20(2)19(21)16-7-3-4-8-17(16)23-13-15-6-5-10-22-15/h3-4,7-9,11,15H,5-6,10,12-13H2,1-2H3. The van der Waals surface area contributed by atoms with Crippen molar-refractivity contribution in [2.45, 2.75) is 32.4 Å². The first kappa shape index (κ1) is 17.0. The number of amides is 1. The number of thiophene rings is 1. The van der Waals surface area contributed by atoms with Crippen molar-refractivity contribution in [3.8, 4) is 5.75 Å². The summed E-state index contributed by atoms with van der Waals surface area (Å²) in [5, 5.41) is 2.06. The van der Waals surface area contributed by atoms with Crippen molar-refractivity contribution in [1.29, 1.82) is 0 Å². The molecular weight excluding hydrogens is 322 g/mol. The highest BCUT2D eigenvalue weighted by molar-refractivity contribution is 7.10. The molecule has 24 heavy (non-hydrogen) atoms. The second-order valence-corrected chi connectivity index (χ2v) is 7.13. The van der Waals surface area contributed by atoms with Gasteiger partial charge in [0.2, 0.25) is 0 Å². The van der Waals surface area contributed by atoms with Crippen LogP contribution < -0.4 is 4.74 Å². The fraction of sp³-hybridized carbons (Fsp3) is 0.421. The molecule has 2 aromatic rings. The van der Waals surface area contributed by atoms with Gasteiger partial charge in [0.1, 0.15) is 12.4 Å². The molecule has 1 aromatic carbocycles. The Morgan fingerprint density at radius 3 is 2.92 bits per heavy atom. The minimum Gasteiger partial charge on any atom is -0.490 e. The highest BCUT2D eigenvalue weighted by Crippen LogP contribution is 2.23. The van der Waals surface area contributed by atoms with Crippen LogP contribution in [0, 0.1) is 6.92 Å². The van der Waals surface area contributed by atoms with Gasteiger partial charge >= 0.3 is 0 Å². The van der Waals surface area contributed by atoms with Gasteiger partial charge in [-0.3, -0.25) is 4.79 Å². The molecule has 0 aliphatic carbocycles. The van der Waals surface area contributed by atoms with E-state index >= 15 is 0 Å². The number of hydrogen-bond donors (Lipinski definition) is 0. The molecule has 0 saturated carbocycles. The maximum atomic E-state index is 12.8. The van der Waals surface area contributed by atoms with E-state index in [0.717, 1.165) is 19.4 Å². The summed E-state index contributed by atoms with van der Waals surface area (Å²) in [6, 6.07) is 9.52. The number of ether oxygens (including phenoxy) is 2. The van der Waals surface area contributed by atoms with Gasteiger partial charge in [0.15, 0.2) is 0 Å². The lowest BCUT2D eigenvalue weighted by molar-refractivity contribution is 0.0656. The Hall–Kier alpha value is -1.85. The molecule has 128 valence electrons. The minimum atomic E-state index is -0.0225. The number of aryl methyl sites for hydroxylation is 1. The molecule has 1 fully saturated rings. The molecule has 1 amide bonds. The number of carbonyl (C=O) groups excluding carboxylic acids is 1. The van der Waals surface area contributed by atoms with Gasteiger partial charge in [-0.25, -0.2) is 0 Å². The van der Waals surface area contributed by atoms with E-state index in [-0.39, 0.29) is 12.0 Å². The number of hydrogen-bond acceptors (Lipinski definition) is 4. The smallest absolute Gasteiger partial charge is 0.257 e. The summed E-state index contributed by atoms with van der Waals surface area (Å²) in [5.74, 6) is 0.610. The van der Waals surface area contributed by atoms with Crippen molar-refractivity contribution in [1.82, 2.24) is 4.90 Å². The summed E-state index contributed by atoms with van der Waals surface area (Å²) in [4.78, 5) is 15.8. The van der Waals surface area contributed by atoms with Crippen LogP contribution in [0.15, 0.2) is 35.7 Å². The highest BCUT2D eigenvalue weighted by Gasteiger charge is 2.20. The second kappa shape index (κ2) is 7.81. The molecule has 3 rings (SSSR count). The van der Waals surface area contributed by atoms with Gasteiger partial charge in [0.05, 0.1) is 18.2 Å². The predicted octanol–water partition coefficient (Wildman–Crippen LogP) is 3.89. The van der Waals surface area contributed by atoms with E-state index in [1.54, 1.807) is 16.2 Å². The molecule has 2 heterocycles. The van der Waals surface area contributed by atoms with E-state index in [1.165, 1.54) is 10.4 Å². The van der Waals surface area contributed by atoms with Crippen molar-refractivity contribution in [3.05, 3.63) is 51.7 Å². The number of carbonyl (C=O) groups is 1. The van der Waals surface area contributed by atoms with E-state index in [9.17, 15) is 4.79 Å². The third-order valence-electron chi connectivity index (χ3n) is 4.26. The zero-order valence-corrected chi connectivity index (χ0v) is 15.0. The molecule has 1 aliphatic heterocycles. The van der Waals surface area contributed by atoms with Crippen molar-refractivity contribution >= 4 is 17.2 Å². The monoisotopic (exact) mass is 345 g/mol. The van der Waals surface area contributed by atoms with Crippen LogP contribution in [0.4, 0.5) is 0 Å². The fourth-order valence-corrected chi connectivity index (χ4v) is 3.75. The van der Waals surface area contributed by atoms with Crippen molar-refractivity contribution in [2.75, 3.05) is 20.3 Å². The number of nitrogens with zero attached hydrogens (tertiary/aromatic N) is 1. The fourth-order valence-electron chi connectivity index (χ4n) is 2.79. The van der Waals surface area contributed by atoms with Crippen molar-refractivity contribution < 1.29 is 14.3 Å². The van der Waals surface area contributed by atoms with Gasteiger partial charge in [0, 0.05) is 18.5 Å². The van der Waals surface area contributed by atoms with Gasteiger partial charge in [-0.05, 0) is 48.9 Å². The Labute approximate surface area is 147 Å². The maximum absolute atomic E-state index is 12.8. The number of benzene rings is 1. The lowest BCUT2D eigenvalue weighted by atomic mass is 10.1. The number of para-hydroxylation sites is 1. The molecule has 1 aliphatic rings. The molecule has 1 saturated heterocycles. The third kappa shape index (κ3) is 3.97. The van der Waals surface area contributed by atoms with Gasteiger partial charge in [0.25, 0.3) is 5.91 Å². The van der Waals surface area contributed by atoms with Crippen LogP contribution in [-0.4, -0.2) is 37.2 Å². The first-order chi connectivity index (χ1) is 11.6. The summed E-state index contributed by atoms with van der Waals surface area (Å²) in [6.45, 7) is 3.99. The lowest BCUT2D eigenvalue weighted by Crippen LogP contribution is -2.27. The predicted molar refractivity (Wildman–Crippen MR) is 95.8 cm³/mol. The van der Waals surface area contributed by atoms with E-state index < -0.39 is 0 Å². The molecule has 1 aromatic heterocycles. The van der Waals surface area contributed by atoms with E-state index in [4.69, 9.17) is 9.47 Å². The van der Waals surface area contributed by atoms with Crippen LogP contribution in [0.2, 0.25) is 0 Å². The van der Waals surface area contributed by atoms with Crippen molar-refractivity contribution in [2.24, 2.45) is 0 Å². The number of rotatable bonds is 6. The zero-order valence-electron chi connectivity index (χ0n) is 14.2. The van der Waals surface area contributed by atoms with Crippen LogP contribution in [-0.2, 0) is 11.3 Å². The zero-order chi connectivity index (χ0) is 16.9. The highest BCUT2D eigenvalue weighted by atomic mass is 32.1. The molecule has 1 unspecified atom stereocenters. The topological polar surface area (TPSA) is 38.8 Å². The van der Waals surface area contributed by atoms with Gasteiger partial charge in [-0.1, -0.05) is 12.1 Å². The summed E-state index contributed by atoms with van der Waals surface area (Å²) < 4.78 is 11.5. The minimum absolute atomic E-state index is 0.0225. The summed E-state index contributed by atoms with van der Waals surface area (Å²) in [5.41, 5.74) is 1.83. The third-order valence-corrected chi connectivity index (χ3v) is 5.27. The Kier molecular flexibility index (Phi) is 5.53. The Morgan fingerprint density at radius 1 is 1.38 bits per heavy atom.